The second kappa shape index (κ2) is 9.11. The van der Waals surface area contributed by atoms with Gasteiger partial charge in [-0.3, -0.25) is 14.5 Å². The van der Waals surface area contributed by atoms with E-state index in [0.717, 1.165) is 0 Å². The molecule has 2 N–H and O–H groups in total. The molecule has 0 aliphatic carbocycles. The first-order valence-electron chi connectivity index (χ1n) is 6.34. The number of carbonyl (C=O) groups excluding carboxylic acids is 1. The van der Waals surface area contributed by atoms with Crippen molar-refractivity contribution in [3.63, 3.8) is 0 Å². The first kappa shape index (κ1) is 20.0. The number of amides is 1. The van der Waals surface area contributed by atoms with Crippen LogP contribution in [0.2, 0.25) is 0 Å². The Kier molecular flexibility index (Phi) is 8.29. The number of rotatable bonds is 7. The number of methoxy groups -OCH3 is 2. The maximum absolute atomic E-state index is 12.0. The summed E-state index contributed by atoms with van der Waals surface area (Å²) >= 11 is 0. The van der Waals surface area contributed by atoms with E-state index in [1.165, 1.54) is 26.0 Å². The summed E-state index contributed by atoms with van der Waals surface area (Å²) in [5.74, 6) is -0.238. The molecule has 0 heterocycles. The van der Waals surface area contributed by atoms with Crippen molar-refractivity contribution in [3.8, 4) is 11.5 Å². The summed E-state index contributed by atoms with van der Waals surface area (Å²) in [4.78, 5) is 24.3. The van der Waals surface area contributed by atoms with Crippen molar-refractivity contribution in [2.75, 3.05) is 33.1 Å². The summed E-state index contributed by atoms with van der Waals surface area (Å²) in [7, 11) is 4.59. The number of nitrogens with one attached hydrogen (secondary N) is 1. The Hall–Kier alpha value is -1.99. The first-order valence-corrected chi connectivity index (χ1v) is 6.34. The zero-order valence-electron chi connectivity index (χ0n) is 13.0. The molecule has 1 amide bonds. The van der Waals surface area contributed by atoms with E-state index in [1.807, 2.05) is 0 Å². The van der Waals surface area contributed by atoms with Crippen LogP contribution in [0.4, 0.5) is 5.69 Å². The number of carbonyl (C=O) groups is 2. The minimum absolute atomic E-state index is 0. The number of aliphatic carboxylic acids is 1. The van der Waals surface area contributed by atoms with E-state index in [0.29, 0.717) is 17.2 Å². The van der Waals surface area contributed by atoms with Gasteiger partial charge in [0.2, 0.25) is 5.91 Å². The molecule has 0 spiro atoms. The number of likely N-dealkylation sites (N-methyl/N-ethyl adjacent to an activating group) is 1. The number of ether oxygens (including phenoxy) is 2. The number of nitrogens with zero attached hydrogens (tertiary/aromatic N) is 1. The highest BCUT2D eigenvalue weighted by Crippen LogP contribution is 2.28. The van der Waals surface area contributed by atoms with Crippen molar-refractivity contribution < 1.29 is 24.2 Å². The predicted molar refractivity (Wildman–Crippen MR) is 85.2 cm³/mol. The van der Waals surface area contributed by atoms with Crippen molar-refractivity contribution in [3.05, 3.63) is 18.2 Å². The Morgan fingerprint density at radius 2 is 1.95 bits per heavy atom. The van der Waals surface area contributed by atoms with Gasteiger partial charge in [-0.25, -0.2) is 0 Å². The molecular formula is C14H21ClN2O5. The number of halogens is 1. The highest BCUT2D eigenvalue weighted by Gasteiger charge is 2.19. The largest absolute Gasteiger partial charge is 0.497 e. The third-order valence-corrected chi connectivity index (χ3v) is 3.09. The van der Waals surface area contributed by atoms with Crippen LogP contribution in [0.25, 0.3) is 0 Å². The molecule has 0 radical (unpaired) electrons. The minimum Gasteiger partial charge on any atom is -0.497 e. The molecule has 0 saturated heterocycles. The fraction of sp³-hybridized carbons (Fsp3) is 0.429. The van der Waals surface area contributed by atoms with Gasteiger partial charge in [-0.15, -0.1) is 12.4 Å². The standard InChI is InChI=1S/C14H20N2O5.ClH/c1-9(14(18)19)16(2)8-13(17)15-11-7-10(20-3)5-6-12(11)21-4;/h5-7,9H,8H2,1-4H3,(H,15,17)(H,18,19);1H. The molecule has 0 aromatic heterocycles. The Balaban J connectivity index is 0.00000441. The van der Waals surface area contributed by atoms with E-state index in [2.05, 4.69) is 5.32 Å². The molecule has 1 atom stereocenters. The lowest BCUT2D eigenvalue weighted by atomic mass is 10.2. The van der Waals surface area contributed by atoms with Gasteiger partial charge in [-0.2, -0.15) is 0 Å². The van der Waals surface area contributed by atoms with Gasteiger partial charge in [0.1, 0.15) is 17.5 Å². The first-order chi connectivity index (χ1) is 9.88. The van der Waals surface area contributed by atoms with Crippen LogP contribution >= 0.6 is 12.4 Å². The average molecular weight is 333 g/mol. The normalized spacial score (nSPS) is 11.3. The fourth-order valence-corrected chi connectivity index (χ4v) is 1.65. The summed E-state index contributed by atoms with van der Waals surface area (Å²) in [6.07, 6.45) is 0. The van der Waals surface area contributed by atoms with Gasteiger partial charge in [-0.05, 0) is 26.1 Å². The molecule has 1 aromatic carbocycles. The third kappa shape index (κ3) is 5.42. The number of hydrogen-bond acceptors (Lipinski definition) is 5. The van der Waals surface area contributed by atoms with Crippen molar-refractivity contribution in [2.24, 2.45) is 0 Å². The maximum Gasteiger partial charge on any atom is 0.320 e. The van der Waals surface area contributed by atoms with E-state index in [1.54, 1.807) is 25.2 Å². The quantitative estimate of drug-likeness (QED) is 0.786. The molecular weight excluding hydrogens is 312 g/mol. The van der Waals surface area contributed by atoms with Crippen molar-refractivity contribution >= 4 is 30.0 Å². The molecule has 22 heavy (non-hydrogen) atoms. The zero-order valence-corrected chi connectivity index (χ0v) is 13.8. The van der Waals surface area contributed by atoms with E-state index >= 15 is 0 Å². The monoisotopic (exact) mass is 332 g/mol. The number of hydrogen-bond donors (Lipinski definition) is 2. The molecule has 1 rings (SSSR count). The molecule has 0 aliphatic heterocycles. The number of carboxylic acid groups (broad SMARTS) is 1. The smallest absolute Gasteiger partial charge is 0.320 e. The van der Waals surface area contributed by atoms with Crippen LogP contribution in [-0.4, -0.2) is 55.7 Å². The molecule has 1 unspecified atom stereocenters. The number of anilines is 1. The molecule has 0 fully saturated rings. The van der Waals surface area contributed by atoms with Gasteiger partial charge in [0.15, 0.2) is 0 Å². The molecule has 1 aromatic rings. The van der Waals surface area contributed by atoms with Gasteiger partial charge in [0.25, 0.3) is 0 Å². The van der Waals surface area contributed by atoms with Gasteiger partial charge in [-0.1, -0.05) is 0 Å². The fourth-order valence-electron chi connectivity index (χ4n) is 1.65. The van der Waals surface area contributed by atoms with Crippen LogP contribution in [0, 0.1) is 0 Å². The minimum atomic E-state index is -0.982. The van der Waals surface area contributed by atoms with Crippen molar-refractivity contribution in [2.45, 2.75) is 13.0 Å². The second-order valence-corrected chi connectivity index (χ2v) is 4.54. The molecule has 124 valence electrons. The maximum atomic E-state index is 12.0. The number of carboxylic acids is 1. The van der Waals surface area contributed by atoms with Gasteiger partial charge >= 0.3 is 5.97 Å². The SMILES string of the molecule is COc1ccc(OC)c(NC(=O)CN(C)C(C)C(=O)O)c1.Cl. The molecule has 8 heteroatoms. The van der Waals surface area contributed by atoms with Crippen molar-refractivity contribution in [1.82, 2.24) is 4.90 Å². The summed E-state index contributed by atoms with van der Waals surface area (Å²) in [5.41, 5.74) is 0.471. The lowest BCUT2D eigenvalue weighted by molar-refractivity contribution is -0.142. The van der Waals surface area contributed by atoms with Crippen LogP contribution in [-0.2, 0) is 9.59 Å². The van der Waals surface area contributed by atoms with E-state index in [9.17, 15) is 9.59 Å². The zero-order chi connectivity index (χ0) is 16.0. The van der Waals surface area contributed by atoms with Crippen LogP contribution in [0.5, 0.6) is 11.5 Å². The molecule has 0 aliphatic rings. The molecule has 0 saturated carbocycles. The highest BCUT2D eigenvalue weighted by atomic mass is 35.5. The third-order valence-electron chi connectivity index (χ3n) is 3.09. The van der Waals surface area contributed by atoms with Gasteiger partial charge in [0.05, 0.1) is 26.5 Å². The Morgan fingerprint density at radius 1 is 1.32 bits per heavy atom. The molecule has 0 bridgehead atoms. The number of benzene rings is 1. The second-order valence-electron chi connectivity index (χ2n) is 4.54. The summed E-state index contributed by atoms with van der Waals surface area (Å²) in [5, 5.41) is 11.6. The molecule has 7 nitrogen and oxygen atoms in total. The highest BCUT2D eigenvalue weighted by molar-refractivity contribution is 5.94. The predicted octanol–water partition coefficient (Wildman–Crippen LogP) is 1.47. The topological polar surface area (TPSA) is 88.1 Å². The van der Waals surface area contributed by atoms with Gasteiger partial charge < -0.3 is 19.9 Å². The summed E-state index contributed by atoms with van der Waals surface area (Å²) < 4.78 is 10.3. The summed E-state index contributed by atoms with van der Waals surface area (Å²) in [6, 6.07) is 4.28. The Bertz CT molecular complexity index is 524. The van der Waals surface area contributed by atoms with E-state index in [-0.39, 0.29) is 24.9 Å². The lowest BCUT2D eigenvalue weighted by Crippen LogP contribution is -2.40. The summed E-state index contributed by atoms with van der Waals surface area (Å²) in [6.45, 7) is 1.47. The van der Waals surface area contributed by atoms with Crippen LogP contribution in [0.1, 0.15) is 6.92 Å². The van der Waals surface area contributed by atoms with Crippen LogP contribution in [0.3, 0.4) is 0 Å². The van der Waals surface area contributed by atoms with E-state index in [4.69, 9.17) is 14.6 Å². The van der Waals surface area contributed by atoms with Gasteiger partial charge in [0, 0.05) is 6.07 Å². The van der Waals surface area contributed by atoms with Crippen LogP contribution in [0.15, 0.2) is 18.2 Å². The van der Waals surface area contributed by atoms with Crippen LogP contribution < -0.4 is 14.8 Å². The average Bonchev–Trinajstić information content (AvgIpc) is 2.45. The van der Waals surface area contributed by atoms with E-state index < -0.39 is 12.0 Å². The van der Waals surface area contributed by atoms with Crippen molar-refractivity contribution in [1.29, 1.82) is 0 Å². The lowest BCUT2D eigenvalue weighted by Gasteiger charge is -2.20. The Morgan fingerprint density at radius 3 is 2.45 bits per heavy atom. The Labute approximate surface area is 135 Å².